The second-order valence-corrected chi connectivity index (χ2v) is 8.56. The van der Waals surface area contributed by atoms with Crippen molar-refractivity contribution >= 4 is 26.7 Å². The summed E-state index contributed by atoms with van der Waals surface area (Å²) in [6, 6.07) is 20.4. The van der Waals surface area contributed by atoms with Crippen molar-refractivity contribution in [1.82, 2.24) is 0 Å². The van der Waals surface area contributed by atoms with Gasteiger partial charge < -0.3 is 4.42 Å². The second-order valence-electron chi connectivity index (χ2n) is 6.87. The van der Waals surface area contributed by atoms with Crippen LogP contribution in [0.1, 0.15) is 16.7 Å². The summed E-state index contributed by atoms with van der Waals surface area (Å²) >= 11 is 0. The largest absolute Gasteiger partial charge is 0.456 e. The van der Waals surface area contributed by atoms with Gasteiger partial charge in [-0.15, -0.1) is 0 Å². The third-order valence-electron chi connectivity index (χ3n) is 5.00. The number of rotatable bonds is 3. The predicted octanol–water partition coefficient (Wildman–Crippen LogP) is 5.11. The Morgan fingerprint density at radius 2 is 1.74 bits per heavy atom. The van der Waals surface area contributed by atoms with Crippen LogP contribution in [0.15, 0.2) is 76.0 Å². The second kappa shape index (κ2) is 5.72. The van der Waals surface area contributed by atoms with Crippen LogP contribution in [0.3, 0.4) is 0 Å². The van der Waals surface area contributed by atoms with Crippen molar-refractivity contribution < 1.29 is 12.8 Å². The van der Waals surface area contributed by atoms with E-state index in [9.17, 15) is 8.42 Å². The van der Waals surface area contributed by atoms with E-state index in [1.54, 1.807) is 30.3 Å². The number of furan rings is 1. The topological polar surface area (TPSA) is 59.3 Å². The third kappa shape index (κ3) is 2.62. The zero-order valence-corrected chi connectivity index (χ0v) is 15.5. The number of hydrogen-bond donors (Lipinski definition) is 1. The molecule has 3 aromatic carbocycles. The highest BCUT2D eigenvalue weighted by Crippen LogP contribution is 2.43. The van der Waals surface area contributed by atoms with Crippen molar-refractivity contribution in [2.24, 2.45) is 0 Å². The van der Waals surface area contributed by atoms with E-state index in [-0.39, 0.29) is 4.90 Å². The van der Waals surface area contributed by atoms with Gasteiger partial charge in [-0.05, 0) is 42.8 Å². The summed E-state index contributed by atoms with van der Waals surface area (Å²) in [5.41, 5.74) is 5.78. The Hall–Kier alpha value is -3.05. The SMILES string of the molecule is Cc1ccc(S(=O)(=O)Nc2ccc3oc4c(c3c2)Cc2ccccc2-4)cc1. The number of sulfonamides is 1. The fourth-order valence-electron chi connectivity index (χ4n) is 3.62. The smallest absolute Gasteiger partial charge is 0.261 e. The van der Waals surface area contributed by atoms with Gasteiger partial charge in [0, 0.05) is 28.6 Å². The highest BCUT2D eigenvalue weighted by Gasteiger charge is 2.25. The number of nitrogens with one attached hydrogen (secondary N) is 1. The Kier molecular flexibility index (Phi) is 3.42. The summed E-state index contributed by atoms with van der Waals surface area (Å²) in [5, 5.41) is 0.949. The van der Waals surface area contributed by atoms with E-state index in [0.717, 1.165) is 39.8 Å². The molecule has 1 N–H and O–H groups in total. The molecule has 27 heavy (non-hydrogen) atoms. The molecule has 0 atom stereocenters. The maximum Gasteiger partial charge on any atom is 0.261 e. The van der Waals surface area contributed by atoms with Gasteiger partial charge in [0.2, 0.25) is 0 Å². The zero-order valence-electron chi connectivity index (χ0n) is 14.7. The molecule has 1 aromatic heterocycles. The number of benzene rings is 3. The highest BCUT2D eigenvalue weighted by molar-refractivity contribution is 7.92. The monoisotopic (exact) mass is 375 g/mol. The fourth-order valence-corrected chi connectivity index (χ4v) is 4.67. The van der Waals surface area contributed by atoms with Crippen LogP contribution in [0, 0.1) is 6.92 Å². The maximum absolute atomic E-state index is 12.7. The predicted molar refractivity (Wildman–Crippen MR) is 106 cm³/mol. The van der Waals surface area contributed by atoms with Crippen molar-refractivity contribution in [3.63, 3.8) is 0 Å². The zero-order chi connectivity index (χ0) is 18.6. The van der Waals surface area contributed by atoms with Crippen molar-refractivity contribution in [2.45, 2.75) is 18.2 Å². The summed E-state index contributed by atoms with van der Waals surface area (Å²) in [6.45, 7) is 1.93. The minimum Gasteiger partial charge on any atom is -0.456 e. The molecule has 0 aliphatic heterocycles. The lowest BCUT2D eigenvalue weighted by Crippen LogP contribution is -2.12. The number of hydrogen-bond acceptors (Lipinski definition) is 3. The summed E-state index contributed by atoms with van der Waals surface area (Å²) in [6.07, 6.45) is 0.798. The molecule has 1 aliphatic rings. The van der Waals surface area contributed by atoms with Gasteiger partial charge in [0.1, 0.15) is 11.3 Å². The van der Waals surface area contributed by atoms with E-state index in [2.05, 4.69) is 16.9 Å². The van der Waals surface area contributed by atoms with Crippen molar-refractivity contribution in [2.75, 3.05) is 4.72 Å². The van der Waals surface area contributed by atoms with Crippen LogP contribution in [0.2, 0.25) is 0 Å². The van der Waals surface area contributed by atoms with Crippen LogP contribution in [-0.4, -0.2) is 8.42 Å². The fraction of sp³-hybridized carbons (Fsp3) is 0.0909. The average Bonchev–Trinajstić information content (AvgIpc) is 3.18. The van der Waals surface area contributed by atoms with Gasteiger partial charge in [-0.3, -0.25) is 4.72 Å². The molecule has 5 heteroatoms. The molecule has 0 amide bonds. The van der Waals surface area contributed by atoms with E-state index >= 15 is 0 Å². The van der Waals surface area contributed by atoms with E-state index in [1.807, 2.05) is 31.2 Å². The Balaban J connectivity index is 1.54. The van der Waals surface area contributed by atoms with Crippen LogP contribution >= 0.6 is 0 Å². The molecule has 0 radical (unpaired) electrons. The molecule has 5 rings (SSSR count). The molecule has 4 aromatic rings. The van der Waals surface area contributed by atoms with E-state index in [1.165, 1.54) is 5.56 Å². The first-order valence-electron chi connectivity index (χ1n) is 8.74. The summed E-state index contributed by atoms with van der Waals surface area (Å²) < 4.78 is 34.1. The van der Waals surface area contributed by atoms with Gasteiger partial charge in [-0.2, -0.15) is 0 Å². The van der Waals surface area contributed by atoms with Crippen LogP contribution < -0.4 is 4.72 Å². The summed E-state index contributed by atoms with van der Waals surface area (Å²) in [7, 11) is -3.63. The molecule has 4 nitrogen and oxygen atoms in total. The molecule has 1 aliphatic carbocycles. The highest BCUT2D eigenvalue weighted by atomic mass is 32.2. The minimum atomic E-state index is -3.63. The third-order valence-corrected chi connectivity index (χ3v) is 6.40. The quantitative estimate of drug-likeness (QED) is 0.476. The summed E-state index contributed by atoms with van der Waals surface area (Å²) in [5.74, 6) is 0.888. The Morgan fingerprint density at radius 1 is 0.963 bits per heavy atom. The first-order chi connectivity index (χ1) is 13.0. The molecule has 0 fully saturated rings. The van der Waals surface area contributed by atoms with E-state index < -0.39 is 10.0 Å². The molecule has 0 saturated carbocycles. The van der Waals surface area contributed by atoms with Crippen molar-refractivity contribution in [1.29, 1.82) is 0 Å². The van der Waals surface area contributed by atoms with Gasteiger partial charge in [0.25, 0.3) is 10.0 Å². The van der Waals surface area contributed by atoms with Gasteiger partial charge in [0.05, 0.1) is 4.90 Å². The van der Waals surface area contributed by atoms with Crippen molar-refractivity contribution in [3.8, 4) is 11.3 Å². The Morgan fingerprint density at radius 3 is 2.56 bits per heavy atom. The standard InChI is InChI=1S/C22H17NO3S/c1-14-6-9-17(10-7-14)27(24,25)23-16-8-11-21-19(13-16)20-12-15-4-2-3-5-18(15)22(20)26-21/h2-11,13,23H,12H2,1H3. The van der Waals surface area contributed by atoms with Gasteiger partial charge in [-0.1, -0.05) is 42.0 Å². The van der Waals surface area contributed by atoms with Crippen molar-refractivity contribution in [3.05, 3.63) is 83.4 Å². The lowest BCUT2D eigenvalue weighted by Gasteiger charge is -2.08. The van der Waals surface area contributed by atoms with Crippen LogP contribution in [-0.2, 0) is 16.4 Å². The first kappa shape index (κ1) is 16.1. The first-order valence-corrected chi connectivity index (χ1v) is 10.2. The number of aryl methyl sites for hydroxylation is 1. The van der Waals surface area contributed by atoms with Gasteiger partial charge >= 0.3 is 0 Å². The van der Waals surface area contributed by atoms with Crippen LogP contribution in [0.25, 0.3) is 22.3 Å². The molecular weight excluding hydrogens is 358 g/mol. The van der Waals surface area contributed by atoms with Gasteiger partial charge in [-0.25, -0.2) is 8.42 Å². The Labute approximate surface area is 157 Å². The molecule has 1 heterocycles. The van der Waals surface area contributed by atoms with Crippen LogP contribution in [0.5, 0.6) is 0 Å². The number of fused-ring (bicyclic) bond motifs is 5. The molecule has 0 spiro atoms. The van der Waals surface area contributed by atoms with Gasteiger partial charge in [0.15, 0.2) is 0 Å². The Bertz CT molecular complexity index is 1290. The van der Waals surface area contributed by atoms with E-state index in [0.29, 0.717) is 5.69 Å². The average molecular weight is 375 g/mol. The molecule has 0 unspecified atom stereocenters. The van der Waals surface area contributed by atoms with E-state index in [4.69, 9.17) is 4.42 Å². The maximum atomic E-state index is 12.7. The normalized spacial score (nSPS) is 12.8. The lowest BCUT2D eigenvalue weighted by atomic mass is 10.1. The van der Waals surface area contributed by atoms with Crippen LogP contribution in [0.4, 0.5) is 5.69 Å². The molecular formula is C22H17NO3S. The minimum absolute atomic E-state index is 0.248. The number of anilines is 1. The molecule has 0 saturated heterocycles. The molecule has 0 bridgehead atoms. The molecule has 134 valence electrons. The lowest BCUT2D eigenvalue weighted by molar-refractivity contribution is 0.601. The summed E-state index contributed by atoms with van der Waals surface area (Å²) in [4.78, 5) is 0.248.